The number of carbonyl (C=O) groups is 1. The summed E-state index contributed by atoms with van der Waals surface area (Å²) in [6.45, 7) is 4.89. The van der Waals surface area contributed by atoms with Gasteiger partial charge in [0.15, 0.2) is 11.5 Å². The number of methoxy groups -OCH3 is 1. The molecule has 6 heteroatoms. The van der Waals surface area contributed by atoms with E-state index in [2.05, 4.69) is 5.32 Å². The van der Waals surface area contributed by atoms with Gasteiger partial charge >= 0.3 is 5.97 Å². The highest BCUT2D eigenvalue weighted by molar-refractivity contribution is 5.96. The minimum atomic E-state index is -0.454. The first-order chi connectivity index (χ1) is 11.7. The van der Waals surface area contributed by atoms with E-state index in [4.69, 9.17) is 19.9 Å². The summed E-state index contributed by atoms with van der Waals surface area (Å²) in [5, 5.41) is 3.43. The van der Waals surface area contributed by atoms with Crippen LogP contribution < -0.4 is 20.5 Å². The summed E-state index contributed by atoms with van der Waals surface area (Å²) in [6, 6.07) is 3.21. The van der Waals surface area contributed by atoms with E-state index in [1.165, 1.54) is 12.8 Å². The van der Waals surface area contributed by atoms with E-state index in [9.17, 15) is 4.79 Å². The number of piperidine rings is 1. The van der Waals surface area contributed by atoms with Gasteiger partial charge in [-0.3, -0.25) is 0 Å². The molecule has 1 aliphatic heterocycles. The van der Waals surface area contributed by atoms with Crippen LogP contribution in [0.25, 0.3) is 0 Å². The molecule has 1 fully saturated rings. The van der Waals surface area contributed by atoms with E-state index < -0.39 is 5.97 Å². The quantitative estimate of drug-likeness (QED) is 0.431. The van der Waals surface area contributed by atoms with Crippen molar-refractivity contribution < 1.29 is 19.0 Å². The average Bonchev–Trinajstić information content (AvgIpc) is 2.60. The second kappa shape index (κ2) is 9.37. The maximum Gasteiger partial charge on any atom is 0.340 e. The molecule has 0 amide bonds. The largest absolute Gasteiger partial charge is 0.493 e. The van der Waals surface area contributed by atoms with Gasteiger partial charge in [-0.15, -0.1) is 0 Å². The van der Waals surface area contributed by atoms with Crippen LogP contribution in [0.15, 0.2) is 12.1 Å². The first-order valence-corrected chi connectivity index (χ1v) is 8.63. The Kier molecular flexibility index (Phi) is 7.18. The van der Waals surface area contributed by atoms with Gasteiger partial charge in [-0.05, 0) is 51.6 Å². The zero-order chi connectivity index (χ0) is 17.4. The number of nitrogens with two attached hydrogens (primary N) is 1. The predicted octanol–water partition coefficient (Wildman–Crippen LogP) is 2.61. The molecule has 1 aliphatic rings. The van der Waals surface area contributed by atoms with Gasteiger partial charge < -0.3 is 25.3 Å². The summed E-state index contributed by atoms with van der Waals surface area (Å²) in [5.41, 5.74) is 6.59. The molecule has 134 valence electrons. The molecule has 0 aliphatic carbocycles. The van der Waals surface area contributed by atoms with Crippen molar-refractivity contribution in [3.63, 3.8) is 0 Å². The summed E-state index contributed by atoms with van der Waals surface area (Å²) >= 11 is 0. The van der Waals surface area contributed by atoms with Crippen LogP contribution in [0.1, 0.15) is 43.0 Å². The van der Waals surface area contributed by atoms with Gasteiger partial charge in [0, 0.05) is 12.1 Å². The van der Waals surface area contributed by atoms with Crippen LogP contribution in [-0.2, 0) is 4.74 Å². The van der Waals surface area contributed by atoms with Gasteiger partial charge in [-0.1, -0.05) is 0 Å². The summed E-state index contributed by atoms with van der Waals surface area (Å²) in [7, 11) is 1.54. The molecule has 0 spiro atoms. The van der Waals surface area contributed by atoms with E-state index in [-0.39, 0.29) is 0 Å². The second-order valence-corrected chi connectivity index (χ2v) is 6.01. The molecule has 3 N–H and O–H groups in total. The van der Waals surface area contributed by atoms with Crippen molar-refractivity contribution >= 4 is 11.7 Å². The van der Waals surface area contributed by atoms with Crippen molar-refractivity contribution in [1.82, 2.24) is 5.32 Å². The van der Waals surface area contributed by atoms with Crippen molar-refractivity contribution in [3.05, 3.63) is 17.7 Å². The van der Waals surface area contributed by atoms with Crippen molar-refractivity contribution in [1.29, 1.82) is 0 Å². The molecule has 1 unspecified atom stereocenters. The van der Waals surface area contributed by atoms with Crippen LogP contribution in [0.3, 0.4) is 0 Å². The summed E-state index contributed by atoms with van der Waals surface area (Å²) in [4.78, 5) is 11.9. The highest BCUT2D eigenvalue weighted by Gasteiger charge is 2.17. The third kappa shape index (κ3) is 5.03. The van der Waals surface area contributed by atoms with E-state index in [0.717, 1.165) is 31.8 Å². The molecule has 1 aromatic rings. The van der Waals surface area contributed by atoms with E-state index in [1.54, 1.807) is 26.2 Å². The molecular formula is C18H28N2O4. The molecule has 1 aromatic carbocycles. The Morgan fingerprint density at radius 2 is 2.21 bits per heavy atom. The third-order valence-corrected chi connectivity index (χ3v) is 4.24. The molecule has 1 saturated heterocycles. The highest BCUT2D eigenvalue weighted by atomic mass is 16.5. The number of carbonyl (C=O) groups excluding carboxylic acids is 1. The van der Waals surface area contributed by atoms with E-state index in [1.807, 2.05) is 0 Å². The maximum atomic E-state index is 11.9. The minimum Gasteiger partial charge on any atom is -0.493 e. The van der Waals surface area contributed by atoms with E-state index in [0.29, 0.717) is 36.0 Å². The Labute approximate surface area is 143 Å². The highest BCUT2D eigenvalue weighted by Crippen LogP contribution is 2.33. The molecule has 0 bridgehead atoms. The Balaban J connectivity index is 1.91. The van der Waals surface area contributed by atoms with Crippen LogP contribution in [0.5, 0.6) is 11.5 Å². The zero-order valence-corrected chi connectivity index (χ0v) is 14.6. The van der Waals surface area contributed by atoms with Crippen molar-refractivity contribution in [3.8, 4) is 11.5 Å². The number of hydrogen-bond donors (Lipinski definition) is 2. The summed E-state index contributed by atoms with van der Waals surface area (Å²) in [6.07, 6.45) is 4.67. The predicted molar refractivity (Wildman–Crippen MR) is 93.7 cm³/mol. The Morgan fingerprint density at radius 3 is 2.88 bits per heavy atom. The SMILES string of the molecule is CCOC(=O)c1cc(OC)c(OCCCC2CCCNC2)cc1N. The van der Waals surface area contributed by atoms with Crippen molar-refractivity contribution in [2.24, 2.45) is 5.92 Å². The van der Waals surface area contributed by atoms with Gasteiger partial charge in [0.1, 0.15) is 0 Å². The van der Waals surface area contributed by atoms with Crippen LogP contribution >= 0.6 is 0 Å². The fourth-order valence-corrected chi connectivity index (χ4v) is 2.96. The van der Waals surface area contributed by atoms with Gasteiger partial charge in [0.05, 0.1) is 31.6 Å². The molecular weight excluding hydrogens is 308 g/mol. The van der Waals surface area contributed by atoms with Crippen molar-refractivity contribution in [2.75, 3.05) is 39.1 Å². The number of rotatable bonds is 8. The fraction of sp³-hybridized carbons (Fsp3) is 0.611. The standard InChI is InChI=1S/C18H28N2O4/c1-3-23-18(21)14-10-16(22-2)17(11-15(14)19)24-9-5-7-13-6-4-8-20-12-13/h10-11,13,20H,3-9,12,19H2,1-2H3. The first kappa shape index (κ1) is 18.4. The number of nitrogens with one attached hydrogen (secondary N) is 1. The first-order valence-electron chi connectivity index (χ1n) is 8.63. The van der Waals surface area contributed by atoms with Gasteiger partial charge in [0.2, 0.25) is 0 Å². The van der Waals surface area contributed by atoms with Crippen LogP contribution in [0.2, 0.25) is 0 Å². The fourth-order valence-electron chi connectivity index (χ4n) is 2.96. The van der Waals surface area contributed by atoms with Gasteiger partial charge in [-0.2, -0.15) is 0 Å². The molecule has 1 heterocycles. The second-order valence-electron chi connectivity index (χ2n) is 6.01. The van der Waals surface area contributed by atoms with Crippen molar-refractivity contribution in [2.45, 2.75) is 32.6 Å². The molecule has 1 atom stereocenters. The van der Waals surface area contributed by atoms with Crippen LogP contribution in [0.4, 0.5) is 5.69 Å². The third-order valence-electron chi connectivity index (χ3n) is 4.24. The normalized spacial score (nSPS) is 17.3. The minimum absolute atomic E-state index is 0.300. The molecule has 0 aromatic heterocycles. The number of nitrogen functional groups attached to an aromatic ring is 1. The van der Waals surface area contributed by atoms with Crippen LogP contribution in [0, 0.1) is 5.92 Å². The lowest BCUT2D eigenvalue weighted by Crippen LogP contribution is -2.29. The lowest BCUT2D eigenvalue weighted by Gasteiger charge is -2.22. The smallest absolute Gasteiger partial charge is 0.340 e. The van der Waals surface area contributed by atoms with E-state index >= 15 is 0 Å². The molecule has 0 radical (unpaired) electrons. The monoisotopic (exact) mass is 336 g/mol. The van der Waals surface area contributed by atoms with Crippen LogP contribution in [-0.4, -0.2) is 39.4 Å². The lowest BCUT2D eigenvalue weighted by atomic mass is 9.95. The molecule has 0 saturated carbocycles. The van der Waals surface area contributed by atoms with Gasteiger partial charge in [0.25, 0.3) is 0 Å². The molecule has 2 rings (SSSR count). The Hall–Kier alpha value is -1.95. The summed E-state index contributed by atoms with van der Waals surface area (Å²) < 4.78 is 16.1. The maximum absolute atomic E-state index is 11.9. The van der Waals surface area contributed by atoms with Gasteiger partial charge in [-0.25, -0.2) is 4.79 Å². The zero-order valence-electron chi connectivity index (χ0n) is 14.6. The topological polar surface area (TPSA) is 82.8 Å². The Bertz CT molecular complexity index is 542. The number of benzene rings is 1. The molecule has 6 nitrogen and oxygen atoms in total. The number of ether oxygens (including phenoxy) is 3. The molecule has 24 heavy (non-hydrogen) atoms. The number of hydrogen-bond acceptors (Lipinski definition) is 6. The Morgan fingerprint density at radius 1 is 1.38 bits per heavy atom. The number of anilines is 1. The summed E-state index contributed by atoms with van der Waals surface area (Å²) in [5.74, 6) is 1.33. The lowest BCUT2D eigenvalue weighted by molar-refractivity contribution is 0.0527. The number of esters is 1. The average molecular weight is 336 g/mol.